The quantitative estimate of drug-likeness (QED) is 0.467. The molecule has 3 rings (SSSR count). The highest BCUT2D eigenvalue weighted by atomic mass is 15.0. The molecular weight excluding hydrogens is 282 g/mol. The third-order valence-corrected chi connectivity index (χ3v) is 3.29. The predicted octanol–water partition coefficient (Wildman–Crippen LogP) is 5.26. The number of nitrogens with one attached hydrogen (secondary N) is 1. The molecule has 0 aliphatic carbocycles. The third kappa shape index (κ3) is 3.92. The molecular formula is C20H16N3-. The second-order valence-electron chi connectivity index (χ2n) is 4.96. The lowest BCUT2D eigenvalue weighted by molar-refractivity contribution is 1.44. The molecule has 0 atom stereocenters. The first kappa shape index (κ1) is 14.7. The van der Waals surface area contributed by atoms with E-state index in [2.05, 4.69) is 9.98 Å². The molecule has 3 nitrogen and oxygen atoms in total. The maximum atomic E-state index is 8.23. The highest BCUT2D eigenvalue weighted by Gasteiger charge is 1.98. The van der Waals surface area contributed by atoms with E-state index in [4.69, 9.17) is 5.73 Å². The molecule has 0 amide bonds. The molecule has 0 saturated heterocycles. The summed E-state index contributed by atoms with van der Waals surface area (Å²) in [4.78, 5) is 9.05. The topological polar surface area (TPSA) is 48.5 Å². The van der Waals surface area contributed by atoms with Crippen molar-refractivity contribution in [3.05, 3.63) is 108 Å². The zero-order valence-electron chi connectivity index (χ0n) is 12.6. The molecule has 0 aliphatic heterocycles. The highest BCUT2D eigenvalue weighted by Crippen LogP contribution is 2.15. The van der Waals surface area contributed by atoms with Crippen molar-refractivity contribution in [1.29, 1.82) is 0 Å². The van der Waals surface area contributed by atoms with Gasteiger partial charge in [-0.2, -0.15) is 0 Å². The van der Waals surface area contributed by atoms with Gasteiger partial charge in [0, 0.05) is 0 Å². The summed E-state index contributed by atoms with van der Waals surface area (Å²) in [6, 6.07) is 28.9. The van der Waals surface area contributed by atoms with Crippen LogP contribution in [0.3, 0.4) is 0 Å². The number of amidine groups is 2. The summed E-state index contributed by atoms with van der Waals surface area (Å²) in [5.74, 6) is 0.731. The first-order chi connectivity index (χ1) is 11.3. The predicted molar refractivity (Wildman–Crippen MR) is 96.4 cm³/mol. The van der Waals surface area contributed by atoms with E-state index in [-0.39, 0.29) is 5.84 Å². The Hall–Kier alpha value is -3.20. The van der Waals surface area contributed by atoms with Crippen molar-refractivity contribution in [3.8, 4) is 0 Å². The van der Waals surface area contributed by atoms with Gasteiger partial charge in [-0.1, -0.05) is 84.7 Å². The number of hydrogen-bond acceptors (Lipinski definition) is 1. The molecule has 23 heavy (non-hydrogen) atoms. The van der Waals surface area contributed by atoms with Crippen molar-refractivity contribution < 1.29 is 0 Å². The van der Waals surface area contributed by atoms with Crippen molar-refractivity contribution in [2.45, 2.75) is 0 Å². The molecule has 112 valence electrons. The number of aliphatic imine (C=N–C) groups is 2. The zero-order chi connectivity index (χ0) is 15.9. The number of nitrogens with zero attached hydrogens (tertiary/aromatic N) is 2. The minimum absolute atomic E-state index is 0.198. The maximum Gasteiger partial charge on any atom is 0.0632 e. The Kier molecular flexibility index (Phi) is 4.60. The standard InChI is InChI=1S/C20H16N3/c21-19(16-10-4-1-5-11-16)23-20(17-12-6-2-7-13-17)22-18-14-8-3-9-15-18/h1-15H,(H-,21,22,23)/q-1. The van der Waals surface area contributed by atoms with Gasteiger partial charge in [0.1, 0.15) is 0 Å². The molecule has 3 aromatic rings. The van der Waals surface area contributed by atoms with E-state index >= 15 is 0 Å². The molecule has 0 bridgehead atoms. The van der Waals surface area contributed by atoms with Crippen molar-refractivity contribution >= 4 is 17.4 Å². The second-order valence-corrected chi connectivity index (χ2v) is 4.96. The first-order valence-electron chi connectivity index (χ1n) is 7.38. The maximum absolute atomic E-state index is 8.23. The van der Waals surface area contributed by atoms with Gasteiger partial charge in [0.2, 0.25) is 0 Å². The molecule has 0 fully saturated rings. The van der Waals surface area contributed by atoms with E-state index in [1.165, 1.54) is 0 Å². The summed E-state index contributed by atoms with van der Waals surface area (Å²) in [6.45, 7) is 0. The van der Waals surface area contributed by atoms with E-state index in [1.54, 1.807) is 0 Å². The molecule has 3 heteroatoms. The molecule has 0 radical (unpaired) electrons. The largest absolute Gasteiger partial charge is 0.482 e. The summed E-state index contributed by atoms with van der Waals surface area (Å²) < 4.78 is 0. The Balaban J connectivity index is 2.04. The minimum Gasteiger partial charge on any atom is -0.482 e. The Labute approximate surface area is 135 Å². The van der Waals surface area contributed by atoms with Crippen LogP contribution in [-0.2, 0) is 0 Å². The van der Waals surface area contributed by atoms with Gasteiger partial charge in [0.15, 0.2) is 0 Å². The summed E-state index contributed by atoms with van der Waals surface area (Å²) in [5.41, 5.74) is 10.7. The average molecular weight is 298 g/mol. The van der Waals surface area contributed by atoms with Gasteiger partial charge in [-0.3, -0.25) is 4.99 Å². The Bertz CT molecular complexity index is 807. The molecule has 0 saturated carbocycles. The first-order valence-corrected chi connectivity index (χ1v) is 7.38. The van der Waals surface area contributed by atoms with E-state index < -0.39 is 0 Å². The van der Waals surface area contributed by atoms with Crippen LogP contribution in [0.4, 0.5) is 5.69 Å². The van der Waals surface area contributed by atoms with Gasteiger partial charge >= 0.3 is 0 Å². The molecule has 1 N–H and O–H groups in total. The number of rotatable bonds is 3. The lowest BCUT2D eigenvalue weighted by Gasteiger charge is -2.13. The Morgan fingerprint density at radius 3 is 1.65 bits per heavy atom. The van der Waals surface area contributed by atoms with Crippen LogP contribution < -0.4 is 0 Å². The van der Waals surface area contributed by atoms with E-state index in [9.17, 15) is 0 Å². The molecule has 0 aliphatic rings. The normalized spacial score (nSPS) is 12.2. The fourth-order valence-electron chi connectivity index (χ4n) is 2.13. The molecule has 0 heterocycles. The number of para-hydroxylation sites is 1. The molecule has 3 aromatic carbocycles. The minimum atomic E-state index is 0.198. The third-order valence-electron chi connectivity index (χ3n) is 3.29. The average Bonchev–Trinajstić information content (AvgIpc) is 2.63. The fourth-order valence-corrected chi connectivity index (χ4v) is 2.13. The monoisotopic (exact) mass is 298 g/mol. The van der Waals surface area contributed by atoms with Crippen LogP contribution >= 0.6 is 0 Å². The van der Waals surface area contributed by atoms with Crippen LogP contribution in [0.5, 0.6) is 0 Å². The second kappa shape index (κ2) is 7.18. The van der Waals surface area contributed by atoms with Gasteiger partial charge < -0.3 is 10.7 Å². The van der Waals surface area contributed by atoms with Crippen molar-refractivity contribution in [1.82, 2.24) is 0 Å². The van der Waals surface area contributed by atoms with Gasteiger partial charge in [0.05, 0.1) is 11.5 Å². The van der Waals surface area contributed by atoms with E-state index in [0.29, 0.717) is 5.84 Å². The summed E-state index contributed by atoms with van der Waals surface area (Å²) in [6.07, 6.45) is 0. The lowest BCUT2D eigenvalue weighted by Crippen LogP contribution is -2.02. The molecule has 0 spiro atoms. The van der Waals surface area contributed by atoms with Crippen LogP contribution in [0, 0.1) is 0 Å². The fraction of sp³-hybridized carbons (Fsp3) is 0. The SMILES string of the molecule is [NH-]C(=NC(=Nc1ccccc1)c1ccccc1)c1ccccc1. The Morgan fingerprint density at radius 2 is 1.09 bits per heavy atom. The summed E-state index contributed by atoms with van der Waals surface area (Å²) >= 11 is 0. The molecule has 0 aromatic heterocycles. The van der Waals surface area contributed by atoms with Crippen LogP contribution in [0.2, 0.25) is 0 Å². The van der Waals surface area contributed by atoms with Crippen molar-refractivity contribution in [3.63, 3.8) is 0 Å². The molecule has 0 unspecified atom stereocenters. The van der Waals surface area contributed by atoms with Crippen LogP contribution in [-0.4, -0.2) is 11.7 Å². The lowest BCUT2D eigenvalue weighted by atomic mass is 10.2. The highest BCUT2D eigenvalue weighted by molar-refractivity contribution is 6.15. The summed E-state index contributed by atoms with van der Waals surface area (Å²) in [7, 11) is 0. The van der Waals surface area contributed by atoms with Crippen LogP contribution in [0.25, 0.3) is 5.73 Å². The van der Waals surface area contributed by atoms with Gasteiger partial charge in [-0.25, -0.2) is 0 Å². The Morgan fingerprint density at radius 1 is 0.609 bits per heavy atom. The zero-order valence-corrected chi connectivity index (χ0v) is 12.6. The van der Waals surface area contributed by atoms with Gasteiger partial charge in [-0.05, 0) is 23.3 Å². The summed E-state index contributed by atoms with van der Waals surface area (Å²) in [5, 5.41) is 0. The smallest absolute Gasteiger partial charge is 0.0632 e. The van der Waals surface area contributed by atoms with E-state index in [1.807, 2.05) is 91.0 Å². The van der Waals surface area contributed by atoms with Crippen LogP contribution in [0.15, 0.2) is 101 Å². The van der Waals surface area contributed by atoms with Crippen LogP contribution in [0.1, 0.15) is 11.1 Å². The van der Waals surface area contributed by atoms with Crippen molar-refractivity contribution in [2.24, 2.45) is 9.98 Å². The van der Waals surface area contributed by atoms with Crippen molar-refractivity contribution in [2.75, 3.05) is 0 Å². The number of hydrogen-bond donors (Lipinski definition) is 0. The van der Waals surface area contributed by atoms with Gasteiger partial charge in [-0.15, -0.1) is 0 Å². The van der Waals surface area contributed by atoms with E-state index in [0.717, 1.165) is 16.8 Å². The number of benzene rings is 3. The van der Waals surface area contributed by atoms with Gasteiger partial charge in [0.25, 0.3) is 0 Å².